The highest BCUT2D eigenvalue weighted by Crippen LogP contribution is 2.11. The third kappa shape index (κ3) is 5.14. The Labute approximate surface area is 76.9 Å². The average molecular weight is 186 g/mol. The molecule has 0 fully saturated rings. The number of aliphatic hydroxyl groups is 1. The Hall–Kier alpha value is -1.16. The Bertz CT molecular complexity index is 210. The van der Waals surface area contributed by atoms with Gasteiger partial charge in [-0.05, 0) is 18.4 Å². The summed E-state index contributed by atoms with van der Waals surface area (Å²) in [4.78, 5) is 21.1. The van der Waals surface area contributed by atoms with E-state index in [2.05, 4.69) is 6.58 Å². The van der Waals surface area contributed by atoms with Crippen LogP contribution in [0.25, 0.3) is 0 Å². The van der Waals surface area contributed by atoms with Gasteiger partial charge >= 0.3 is 5.97 Å². The second-order valence-electron chi connectivity index (χ2n) is 3.06. The van der Waals surface area contributed by atoms with E-state index in [0.29, 0.717) is 0 Å². The minimum absolute atomic E-state index is 0.0402. The molecule has 0 aromatic heterocycles. The van der Waals surface area contributed by atoms with E-state index in [1.54, 1.807) is 6.92 Å². The summed E-state index contributed by atoms with van der Waals surface area (Å²) in [6.45, 7) is 4.90. The normalized spacial score (nSPS) is 14.6. The van der Waals surface area contributed by atoms with Gasteiger partial charge in [0.15, 0.2) is 5.78 Å². The van der Waals surface area contributed by atoms with Crippen LogP contribution in [0.3, 0.4) is 0 Å². The minimum Gasteiger partial charge on any atom is -0.481 e. The van der Waals surface area contributed by atoms with E-state index < -0.39 is 17.9 Å². The van der Waals surface area contributed by atoms with Crippen LogP contribution in [-0.4, -0.2) is 28.1 Å². The van der Waals surface area contributed by atoms with Gasteiger partial charge in [0, 0.05) is 6.42 Å². The van der Waals surface area contributed by atoms with Crippen LogP contribution in [0.15, 0.2) is 12.7 Å². The van der Waals surface area contributed by atoms with Crippen molar-refractivity contribution in [2.45, 2.75) is 25.9 Å². The molecule has 0 saturated heterocycles. The van der Waals surface area contributed by atoms with Crippen molar-refractivity contribution in [3.63, 3.8) is 0 Å². The lowest BCUT2D eigenvalue weighted by molar-refractivity contribution is -0.138. The van der Waals surface area contributed by atoms with Crippen molar-refractivity contribution in [2.75, 3.05) is 0 Å². The monoisotopic (exact) mass is 186 g/mol. The van der Waals surface area contributed by atoms with Crippen molar-refractivity contribution >= 4 is 11.8 Å². The second-order valence-corrected chi connectivity index (χ2v) is 3.06. The molecule has 2 N–H and O–H groups in total. The summed E-state index contributed by atoms with van der Waals surface area (Å²) in [5.74, 6) is -1.60. The topological polar surface area (TPSA) is 74.6 Å². The molecule has 0 saturated carbocycles. The van der Waals surface area contributed by atoms with E-state index in [1.807, 2.05) is 0 Å². The fraction of sp³-hybridized carbons (Fsp3) is 0.556. The highest BCUT2D eigenvalue weighted by Gasteiger charge is 2.17. The Kier molecular flexibility index (Phi) is 4.99. The third-order valence-corrected chi connectivity index (χ3v) is 1.68. The number of ketones is 1. The van der Waals surface area contributed by atoms with E-state index >= 15 is 0 Å². The Balaban J connectivity index is 3.90. The number of aliphatic carboxylic acids is 1. The first-order chi connectivity index (χ1) is 5.97. The molecule has 0 aromatic carbocycles. The molecule has 4 nitrogen and oxygen atoms in total. The number of rotatable bonds is 6. The maximum atomic E-state index is 10.8. The molecule has 0 heterocycles. The standard InChI is InChI=1S/C9H14O4/c1-3-7(10)8(11)4-6(2)5-9(12)13/h3,6,8,11H,1,4-5H2,2H3,(H,12,13). The van der Waals surface area contributed by atoms with Crippen molar-refractivity contribution in [2.24, 2.45) is 5.92 Å². The molecule has 2 unspecified atom stereocenters. The lowest BCUT2D eigenvalue weighted by Gasteiger charge is -2.11. The summed E-state index contributed by atoms with van der Waals surface area (Å²) in [5.41, 5.74) is 0. The summed E-state index contributed by atoms with van der Waals surface area (Å²) in [5, 5.41) is 17.6. The quantitative estimate of drug-likeness (QED) is 0.596. The smallest absolute Gasteiger partial charge is 0.303 e. The van der Waals surface area contributed by atoms with Crippen LogP contribution in [0.1, 0.15) is 19.8 Å². The van der Waals surface area contributed by atoms with E-state index in [0.717, 1.165) is 6.08 Å². The summed E-state index contributed by atoms with van der Waals surface area (Å²) < 4.78 is 0. The molecule has 0 aliphatic rings. The van der Waals surface area contributed by atoms with E-state index in [-0.39, 0.29) is 18.8 Å². The highest BCUT2D eigenvalue weighted by molar-refractivity contribution is 5.92. The highest BCUT2D eigenvalue weighted by atomic mass is 16.4. The number of aliphatic hydroxyl groups excluding tert-OH is 1. The molecule has 0 amide bonds. The zero-order valence-electron chi connectivity index (χ0n) is 7.56. The zero-order valence-corrected chi connectivity index (χ0v) is 7.56. The number of hydrogen-bond donors (Lipinski definition) is 2. The molecule has 0 rings (SSSR count). The molecule has 0 radical (unpaired) electrons. The van der Waals surface area contributed by atoms with Crippen LogP contribution in [-0.2, 0) is 9.59 Å². The first kappa shape index (κ1) is 11.8. The molecule has 74 valence electrons. The molecule has 0 aliphatic carbocycles. The number of carbonyl (C=O) groups excluding carboxylic acids is 1. The van der Waals surface area contributed by atoms with Gasteiger partial charge in [0.1, 0.15) is 6.10 Å². The molecule has 0 aromatic rings. The Morgan fingerprint density at radius 2 is 2.08 bits per heavy atom. The zero-order chi connectivity index (χ0) is 10.4. The summed E-state index contributed by atoms with van der Waals surface area (Å²) in [6.07, 6.45) is 0.0448. The number of carboxylic acids is 1. The minimum atomic E-state index is -1.12. The molecule has 2 atom stereocenters. The van der Waals surface area contributed by atoms with Gasteiger partial charge < -0.3 is 10.2 Å². The van der Waals surface area contributed by atoms with Crippen LogP contribution in [0.2, 0.25) is 0 Å². The van der Waals surface area contributed by atoms with Gasteiger partial charge in [-0.15, -0.1) is 0 Å². The molecule has 0 aliphatic heterocycles. The number of carbonyl (C=O) groups is 2. The maximum Gasteiger partial charge on any atom is 0.303 e. The van der Waals surface area contributed by atoms with Gasteiger partial charge in [-0.3, -0.25) is 9.59 Å². The first-order valence-electron chi connectivity index (χ1n) is 4.03. The first-order valence-corrected chi connectivity index (χ1v) is 4.03. The van der Waals surface area contributed by atoms with Crippen molar-refractivity contribution in [1.29, 1.82) is 0 Å². The van der Waals surface area contributed by atoms with Crippen LogP contribution >= 0.6 is 0 Å². The van der Waals surface area contributed by atoms with Gasteiger partial charge in [-0.2, -0.15) is 0 Å². The van der Waals surface area contributed by atoms with Crippen LogP contribution in [0.5, 0.6) is 0 Å². The van der Waals surface area contributed by atoms with Crippen LogP contribution in [0.4, 0.5) is 0 Å². The van der Waals surface area contributed by atoms with Crippen LogP contribution < -0.4 is 0 Å². The van der Waals surface area contributed by atoms with E-state index in [4.69, 9.17) is 5.11 Å². The predicted molar refractivity (Wildman–Crippen MR) is 47.2 cm³/mol. The molecule has 13 heavy (non-hydrogen) atoms. The number of carboxylic acid groups (broad SMARTS) is 1. The molecule has 4 heteroatoms. The fourth-order valence-corrected chi connectivity index (χ4v) is 1.01. The van der Waals surface area contributed by atoms with Gasteiger partial charge in [0.05, 0.1) is 0 Å². The van der Waals surface area contributed by atoms with Gasteiger partial charge in [0.25, 0.3) is 0 Å². The summed E-state index contributed by atoms with van der Waals surface area (Å²) >= 11 is 0. The predicted octanol–water partition coefficient (Wildman–Crippen LogP) is 0.603. The van der Waals surface area contributed by atoms with Crippen molar-refractivity contribution < 1.29 is 19.8 Å². The summed E-state index contributed by atoms with van der Waals surface area (Å²) in [7, 11) is 0. The maximum absolute atomic E-state index is 10.8. The number of hydrogen-bond acceptors (Lipinski definition) is 3. The second kappa shape index (κ2) is 5.48. The summed E-state index contributed by atoms with van der Waals surface area (Å²) in [6, 6.07) is 0. The van der Waals surface area contributed by atoms with E-state index in [1.165, 1.54) is 0 Å². The fourth-order valence-electron chi connectivity index (χ4n) is 1.01. The van der Waals surface area contributed by atoms with Crippen molar-refractivity contribution in [3.05, 3.63) is 12.7 Å². The van der Waals surface area contributed by atoms with Gasteiger partial charge in [0.2, 0.25) is 0 Å². The lowest BCUT2D eigenvalue weighted by Crippen LogP contribution is -2.21. The Morgan fingerprint density at radius 1 is 1.54 bits per heavy atom. The molecule has 0 bridgehead atoms. The lowest BCUT2D eigenvalue weighted by atomic mass is 9.98. The van der Waals surface area contributed by atoms with Crippen LogP contribution in [0, 0.1) is 5.92 Å². The molecular weight excluding hydrogens is 172 g/mol. The largest absolute Gasteiger partial charge is 0.481 e. The van der Waals surface area contributed by atoms with Crippen molar-refractivity contribution in [1.82, 2.24) is 0 Å². The SMILES string of the molecule is C=CC(=O)C(O)CC(C)CC(=O)O. The van der Waals surface area contributed by atoms with E-state index in [9.17, 15) is 14.7 Å². The van der Waals surface area contributed by atoms with Gasteiger partial charge in [-0.1, -0.05) is 13.5 Å². The average Bonchev–Trinajstić information content (AvgIpc) is 2.01. The Morgan fingerprint density at radius 3 is 2.46 bits per heavy atom. The molecule has 0 spiro atoms. The van der Waals surface area contributed by atoms with Gasteiger partial charge in [-0.25, -0.2) is 0 Å². The van der Waals surface area contributed by atoms with Crippen molar-refractivity contribution in [3.8, 4) is 0 Å². The third-order valence-electron chi connectivity index (χ3n) is 1.68. The molecular formula is C9H14O4.